The van der Waals surface area contributed by atoms with Gasteiger partial charge in [-0.3, -0.25) is 4.98 Å². The average Bonchev–Trinajstić information content (AvgIpc) is 2.81. The van der Waals surface area contributed by atoms with Crippen molar-refractivity contribution in [2.45, 2.75) is 38.6 Å². The van der Waals surface area contributed by atoms with Crippen LogP contribution in [0.2, 0.25) is 0 Å². The van der Waals surface area contributed by atoms with Crippen LogP contribution in [0.15, 0.2) is 22.8 Å². The molecule has 0 aliphatic carbocycles. The van der Waals surface area contributed by atoms with Crippen molar-refractivity contribution < 1.29 is 0 Å². The molecule has 4 nitrogen and oxygen atoms in total. The van der Waals surface area contributed by atoms with E-state index in [9.17, 15) is 0 Å². The number of hydrogen-bond donors (Lipinski definition) is 1. The van der Waals surface area contributed by atoms with E-state index >= 15 is 0 Å². The zero-order valence-electron chi connectivity index (χ0n) is 11.2. The smallest absolute Gasteiger partial charge is 0.0857 e. The van der Waals surface area contributed by atoms with Gasteiger partial charge in [0.2, 0.25) is 0 Å². The van der Waals surface area contributed by atoms with Crippen molar-refractivity contribution in [3.8, 4) is 0 Å². The minimum absolute atomic E-state index is 0.0346. The van der Waals surface area contributed by atoms with Crippen LogP contribution in [0.25, 0.3) is 0 Å². The molecule has 0 aliphatic heterocycles. The molecule has 0 fully saturated rings. The molecular weight excluding hydrogens is 324 g/mol. The first-order valence-electron chi connectivity index (χ1n) is 6.06. The maximum atomic E-state index is 6.29. The Morgan fingerprint density at radius 1 is 1.37 bits per heavy atom. The summed E-state index contributed by atoms with van der Waals surface area (Å²) in [6, 6.07) is 3.85. The molecule has 0 bridgehead atoms. The van der Waals surface area contributed by atoms with Crippen molar-refractivity contribution in [3.63, 3.8) is 0 Å². The van der Waals surface area contributed by atoms with E-state index in [1.54, 1.807) is 6.20 Å². The molecule has 2 rings (SSSR count). The van der Waals surface area contributed by atoms with Crippen LogP contribution >= 0.6 is 27.5 Å². The minimum atomic E-state index is -0.108. The third kappa shape index (κ3) is 3.58. The van der Waals surface area contributed by atoms with Crippen molar-refractivity contribution in [2.24, 2.45) is 5.73 Å². The summed E-state index contributed by atoms with van der Waals surface area (Å²) in [4.78, 5) is 5.41. The summed E-state index contributed by atoms with van der Waals surface area (Å²) >= 11 is 4.76. The van der Waals surface area contributed by atoms with E-state index in [1.807, 2.05) is 12.1 Å². The fourth-order valence-corrected chi connectivity index (χ4v) is 2.90. The first-order chi connectivity index (χ1) is 8.88. The second kappa shape index (κ2) is 5.64. The molecule has 0 aliphatic rings. The zero-order chi connectivity index (χ0) is 14.0. The predicted octanol–water partition coefficient (Wildman–Crippen LogP) is 3.24. The first-order valence-corrected chi connectivity index (χ1v) is 7.63. The van der Waals surface area contributed by atoms with Crippen molar-refractivity contribution in [3.05, 3.63) is 39.1 Å². The van der Waals surface area contributed by atoms with Gasteiger partial charge in [0.25, 0.3) is 0 Å². The fourth-order valence-electron chi connectivity index (χ4n) is 1.81. The molecule has 0 aromatic carbocycles. The lowest BCUT2D eigenvalue weighted by molar-refractivity contribution is 0.549. The average molecular weight is 341 g/mol. The van der Waals surface area contributed by atoms with Gasteiger partial charge in [-0.2, -0.15) is 0 Å². The van der Waals surface area contributed by atoms with Crippen molar-refractivity contribution >= 4 is 27.5 Å². The lowest BCUT2D eigenvalue weighted by atomic mass is 9.89. The Morgan fingerprint density at radius 2 is 2.11 bits per heavy atom. The molecule has 0 amide bonds. The second-order valence-corrected chi connectivity index (χ2v) is 7.22. The van der Waals surface area contributed by atoms with E-state index in [2.05, 4.69) is 51.3 Å². The highest BCUT2D eigenvalue weighted by molar-refractivity contribution is 9.10. The van der Waals surface area contributed by atoms with Gasteiger partial charge in [0.15, 0.2) is 0 Å². The Kier molecular flexibility index (Phi) is 4.32. The van der Waals surface area contributed by atoms with Crippen LogP contribution in [0.4, 0.5) is 0 Å². The maximum Gasteiger partial charge on any atom is 0.0857 e. The van der Waals surface area contributed by atoms with Gasteiger partial charge in [-0.1, -0.05) is 25.3 Å². The van der Waals surface area contributed by atoms with Crippen LogP contribution < -0.4 is 5.73 Å². The highest BCUT2D eigenvalue weighted by Gasteiger charge is 2.25. The third-order valence-electron chi connectivity index (χ3n) is 2.78. The highest BCUT2D eigenvalue weighted by atomic mass is 79.9. The molecule has 0 saturated carbocycles. The Labute approximate surface area is 125 Å². The van der Waals surface area contributed by atoms with Crippen molar-refractivity contribution in [1.29, 1.82) is 0 Å². The van der Waals surface area contributed by atoms with Gasteiger partial charge in [0, 0.05) is 34.2 Å². The monoisotopic (exact) mass is 340 g/mol. The lowest BCUT2D eigenvalue weighted by Gasteiger charge is -2.19. The van der Waals surface area contributed by atoms with E-state index in [0.717, 1.165) is 20.7 Å². The zero-order valence-corrected chi connectivity index (χ0v) is 13.6. The van der Waals surface area contributed by atoms with Gasteiger partial charge in [-0.25, -0.2) is 0 Å². The Balaban J connectivity index is 2.19. The van der Waals surface area contributed by atoms with Crippen LogP contribution in [0, 0.1) is 0 Å². The summed E-state index contributed by atoms with van der Waals surface area (Å²) in [5, 5.41) is 4.22. The maximum absolute atomic E-state index is 6.29. The number of pyridine rings is 1. The lowest BCUT2D eigenvalue weighted by Crippen LogP contribution is -2.20. The van der Waals surface area contributed by atoms with E-state index in [4.69, 9.17) is 5.73 Å². The Hall–Kier alpha value is -0.850. The summed E-state index contributed by atoms with van der Waals surface area (Å²) in [5.74, 6) is 0. The molecule has 2 aromatic rings. The van der Waals surface area contributed by atoms with Gasteiger partial charge in [0.05, 0.1) is 10.6 Å². The van der Waals surface area contributed by atoms with Crippen LogP contribution in [-0.2, 0) is 11.8 Å². The van der Waals surface area contributed by atoms with Gasteiger partial charge in [-0.05, 0) is 39.6 Å². The van der Waals surface area contributed by atoms with Crippen LogP contribution in [0.1, 0.15) is 43.1 Å². The standard InChI is InChI=1S/C13H17BrN4S/c1-13(2,3)12-11(19-18-17-12)10(15)6-9-5-4-8(14)7-16-9/h4-5,7,10H,6,15H2,1-3H3. The number of hydrogen-bond acceptors (Lipinski definition) is 5. The number of rotatable bonds is 3. The van der Waals surface area contributed by atoms with Crippen LogP contribution in [-0.4, -0.2) is 14.6 Å². The Morgan fingerprint density at radius 3 is 2.68 bits per heavy atom. The molecule has 2 heterocycles. The largest absolute Gasteiger partial charge is 0.323 e. The molecule has 0 spiro atoms. The van der Waals surface area contributed by atoms with E-state index < -0.39 is 0 Å². The van der Waals surface area contributed by atoms with Gasteiger partial charge >= 0.3 is 0 Å². The molecule has 0 saturated heterocycles. The Bertz CT molecular complexity index is 545. The van der Waals surface area contributed by atoms with Gasteiger partial charge < -0.3 is 5.73 Å². The SMILES string of the molecule is CC(C)(C)c1nnsc1C(N)Cc1ccc(Br)cn1. The fraction of sp³-hybridized carbons (Fsp3) is 0.462. The van der Waals surface area contributed by atoms with Crippen molar-refractivity contribution in [1.82, 2.24) is 14.6 Å². The number of halogens is 1. The van der Waals surface area contributed by atoms with Crippen molar-refractivity contribution in [2.75, 3.05) is 0 Å². The topological polar surface area (TPSA) is 64.7 Å². The summed E-state index contributed by atoms with van der Waals surface area (Å²) in [6.07, 6.45) is 2.48. The first kappa shape index (κ1) is 14.6. The summed E-state index contributed by atoms with van der Waals surface area (Å²) < 4.78 is 5.02. The highest BCUT2D eigenvalue weighted by Crippen LogP contribution is 2.30. The third-order valence-corrected chi connectivity index (χ3v) is 4.10. The molecule has 0 radical (unpaired) electrons. The van der Waals surface area contributed by atoms with Gasteiger partial charge in [-0.15, -0.1) is 5.10 Å². The predicted molar refractivity (Wildman–Crippen MR) is 81.2 cm³/mol. The molecular formula is C13H17BrN4S. The molecule has 19 heavy (non-hydrogen) atoms. The summed E-state index contributed by atoms with van der Waals surface area (Å²) in [5.41, 5.74) is 8.22. The second-order valence-electron chi connectivity index (χ2n) is 5.51. The van der Waals surface area contributed by atoms with E-state index in [0.29, 0.717) is 6.42 Å². The number of aromatic nitrogens is 3. The molecule has 2 aromatic heterocycles. The molecule has 2 N–H and O–H groups in total. The van der Waals surface area contributed by atoms with E-state index in [1.165, 1.54) is 11.5 Å². The number of nitrogens with zero attached hydrogens (tertiary/aromatic N) is 3. The van der Waals surface area contributed by atoms with E-state index in [-0.39, 0.29) is 11.5 Å². The molecule has 1 atom stereocenters. The molecule has 102 valence electrons. The summed E-state index contributed by atoms with van der Waals surface area (Å²) in [6.45, 7) is 6.37. The molecule has 6 heteroatoms. The molecule has 1 unspecified atom stereocenters. The summed E-state index contributed by atoms with van der Waals surface area (Å²) in [7, 11) is 0. The normalized spacial score (nSPS) is 13.5. The van der Waals surface area contributed by atoms with Gasteiger partial charge in [0.1, 0.15) is 0 Å². The number of nitrogens with two attached hydrogens (primary N) is 1. The van der Waals surface area contributed by atoms with Crippen LogP contribution in [0.3, 0.4) is 0 Å². The minimum Gasteiger partial charge on any atom is -0.323 e. The quantitative estimate of drug-likeness (QED) is 0.931. The van der Waals surface area contributed by atoms with Crippen LogP contribution in [0.5, 0.6) is 0 Å².